The minimum atomic E-state index is -4.15. The molecule has 1 N–H and O–H groups in total. The molecule has 0 heterocycles. The third kappa shape index (κ3) is 7.28. The van der Waals surface area contributed by atoms with Crippen molar-refractivity contribution in [3.63, 3.8) is 0 Å². The van der Waals surface area contributed by atoms with E-state index in [1.165, 1.54) is 17.0 Å². The lowest BCUT2D eigenvalue weighted by Crippen LogP contribution is -2.52. The molecule has 0 bridgehead atoms. The molecular weight excluding hydrogens is 593 g/mol. The first-order valence-corrected chi connectivity index (χ1v) is 16.3. The molecule has 224 valence electrons. The molecule has 2 amide bonds. The van der Waals surface area contributed by atoms with Crippen molar-refractivity contribution in [3.05, 3.63) is 93.0 Å². The fraction of sp³-hybridized carbons (Fsp3) is 0.375. The van der Waals surface area contributed by atoms with Gasteiger partial charge in [-0.25, -0.2) is 8.42 Å². The van der Waals surface area contributed by atoms with E-state index in [0.717, 1.165) is 46.7 Å². The second-order valence-electron chi connectivity index (χ2n) is 11.0. The van der Waals surface area contributed by atoms with Gasteiger partial charge in [0.2, 0.25) is 11.8 Å². The molecule has 0 unspecified atom stereocenters. The van der Waals surface area contributed by atoms with Crippen LogP contribution in [0.3, 0.4) is 0 Å². The first-order chi connectivity index (χ1) is 19.9. The van der Waals surface area contributed by atoms with Gasteiger partial charge in [0.1, 0.15) is 12.6 Å². The van der Waals surface area contributed by atoms with Gasteiger partial charge >= 0.3 is 0 Å². The highest BCUT2D eigenvalue weighted by Crippen LogP contribution is 2.29. The van der Waals surface area contributed by atoms with Gasteiger partial charge in [-0.1, -0.05) is 65.9 Å². The number of aryl methyl sites for hydroxylation is 3. The third-order valence-electron chi connectivity index (χ3n) is 7.93. The van der Waals surface area contributed by atoms with E-state index in [2.05, 4.69) is 5.32 Å². The quantitative estimate of drug-likeness (QED) is 0.274. The van der Waals surface area contributed by atoms with Crippen LogP contribution in [-0.2, 0) is 26.2 Å². The van der Waals surface area contributed by atoms with Gasteiger partial charge in [0.25, 0.3) is 10.0 Å². The van der Waals surface area contributed by atoms with E-state index >= 15 is 0 Å². The zero-order valence-corrected chi connectivity index (χ0v) is 26.7. The van der Waals surface area contributed by atoms with Gasteiger partial charge in [0.15, 0.2) is 0 Å². The van der Waals surface area contributed by atoms with Crippen molar-refractivity contribution in [2.75, 3.05) is 10.8 Å². The number of anilines is 1. The molecular formula is C32H37Cl2N3O4S. The van der Waals surface area contributed by atoms with E-state index in [0.29, 0.717) is 21.3 Å². The van der Waals surface area contributed by atoms with E-state index in [9.17, 15) is 18.0 Å². The molecule has 0 spiro atoms. The monoisotopic (exact) mass is 629 g/mol. The van der Waals surface area contributed by atoms with Crippen molar-refractivity contribution in [2.45, 2.75) is 76.9 Å². The lowest BCUT2D eigenvalue weighted by Gasteiger charge is -2.33. The molecule has 3 aromatic rings. The van der Waals surface area contributed by atoms with Crippen molar-refractivity contribution in [2.24, 2.45) is 0 Å². The second kappa shape index (κ2) is 13.5. The zero-order chi connectivity index (χ0) is 30.6. The summed E-state index contributed by atoms with van der Waals surface area (Å²) >= 11 is 12.9. The first kappa shape index (κ1) is 31.9. The molecule has 1 aliphatic rings. The molecule has 7 nitrogen and oxygen atoms in total. The summed E-state index contributed by atoms with van der Waals surface area (Å²) in [5, 5.41) is 3.76. The number of halogens is 2. The summed E-state index contributed by atoms with van der Waals surface area (Å²) in [5.41, 5.74) is 3.62. The predicted molar refractivity (Wildman–Crippen MR) is 168 cm³/mol. The van der Waals surface area contributed by atoms with Crippen molar-refractivity contribution < 1.29 is 18.0 Å². The lowest BCUT2D eigenvalue weighted by molar-refractivity contribution is -0.139. The highest BCUT2D eigenvalue weighted by atomic mass is 35.5. The number of carbonyl (C=O) groups is 2. The largest absolute Gasteiger partial charge is 0.352 e. The van der Waals surface area contributed by atoms with Crippen LogP contribution >= 0.6 is 23.2 Å². The van der Waals surface area contributed by atoms with Crippen molar-refractivity contribution >= 4 is 50.7 Å². The minimum Gasteiger partial charge on any atom is -0.352 e. The van der Waals surface area contributed by atoms with Gasteiger partial charge in [-0.2, -0.15) is 0 Å². The predicted octanol–water partition coefficient (Wildman–Crippen LogP) is 6.59. The number of carbonyl (C=O) groups excluding carboxylic acids is 2. The molecule has 0 saturated heterocycles. The highest BCUT2D eigenvalue weighted by Gasteiger charge is 2.34. The number of hydrogen-bond donors (Lipinski definition) is 1. The Morgan fingerprint density at radius 2 is 1.55 bits per heavy atom. The Hall–Kier alpha value is -3.07. The fourth-order valence-electron chi connectivity index (χ4n) is 5.08. The van der Waals surface area contributed by atoms with Crippen molar-refractivity contribution in [1.82, 2.24) is 10.2 Å². The molecule has 0 aromatic heterocycles. The molecule has 0 aliphatic heterocycles. The molecule has 10 heteroatoms. The van der Waals surface area contributed by atoms with Gasteiger partial charge in [-0.05, 0) is 88.1 Å². The molecule has 42 heavy (non-hydrogen) atoms. The van der Waals surface area contributed by atoms with Crippen LogP contribution in [0.25, 0.3) is 0 Å². The number of nitrogens with zero attached hydrogens (tertiary/aromatic N) is 2. The van der Waals surface area contributed by atoms with Crippen LogP contribution in [0, 0.1) is 20.8 Å². The Kier molecular flexibility index (Phi) is 10.2. The number of rotatable bonds is 10. The summed E-state index contributed by atoms with van der Waals surface area (Å²) in [7, 11) is -4.15. The molecule has 0 radical (unpaired) electrons. The van der Waals surface area contributed by atoms with Gasteiger partial charge in [-0.3, -0.25) is 13.9 Å². The maximum atomic E-state index is 14.2. The van der Waals surface area contributed by atoms with Crippen molar-refractivity contribution in [1.29, 1.82) is 0 Å². The SMILES string of the molecule is Cc1ccc(S(=O)(=O)N(CC(=O)N(Cc2c(Cl)cccc2Cl)[C@H](C)C(=O)NC2CCCC2)c2ccc(C)c(C)c2)cc1. The van der Waals surface area contributed by atoms with Crippen LogP contribution in [0.15, 0.2) is 65.6 Å². The average Bonchev–Trinajstić information content (AvgIpc) is 3.46. The standard InChI is InChI=1S/C32H37Cl2N3O4S/c1-21-12-16-27(17-13-21)42(40,41)37(26-15-14-22(2)23(3)18-26)20-31(38)36(19-28-29(33)10-7-11-30(28)34)24(4)32(39)35-25-8-5-6-9-25/h7,10-18,24-25H,5-6,8-9,19-20H2,1-4H3,(H,35,39)/t24-/m1/s1. The molecule has 1 saturated carbocycles. The maximum absolute atomic E-state index is 14.2. The number of benzene rings is 3. The number of amides is 2. The molecule has 1 fully saturated rings. The van der Waals surface area contributed by atoms with Gasteiger partial charge < -0.3 is 10.2 Å². The van der Waals surface area contributed by atoms with Gasteiger partial charge in [0.05, 0.1) is 10.6 Å². The Bertz CT molecular complexity index is 1530. The smallest absolute Gasteiger partial charge is 0.264 e. The van der Waals surface area contributed by atoms with E-state index in [1.54, 1.807) is 49.4 Å². The van der Waals surface area contributed by atoms with Crippen LogP contribution in [0.5, 0.6) is 0 Å². The van der Waals surface area contributed by atoms with Crippen LogP contribution in [0.4, 0.5) is 5.69 Å². The third-order valence-corrected chi connectivity index (χ3v) is 10.4. The Labute approximate surface area is 258 Å². The first-order valence-electron chi connectivity index (χ1n) is 14.1. The number of sulfonamides is 1. The Morgan fingerprint density at radius 1 is 0.929 bits per heavy atom. The summed E-state index contributed by atoms with van der Waals surface area (Å²) in [5.74, 6) is -0.869. The number of nitrogens with one attached hydrogen (secondary N) is 1. The highest BCUT2D eigenvalue weighted by molar-refractivity contribution is 7.92. The van der Waals surface area contributed by atoms with Crippen LogP contribution < -0.4 is 9.62 Å². The fourth-order valence-corrected chi connectivity index (χ4v) is 7.00. The Morgan fingerprint density at radius 3 is 2.14 bits per heavy atom. The maximum Gasteiger partial charge on any atom is 0.264 e. The molecule has 3 aromatic carbocycles. The Balaban J connectivity index is 1.73. The van der Waals surface area contributed by atoms with E-state index < -0.39 is 28.5 Å². The lowest BCUT2D eigenvalue weighted by atomic mass is 10.1. The molecule has 4 rings (SSSR count). The van der Waals surface area contributed by atoms with Crippen molar-refractivity contribution in [3.8, 4) is 0 Å². The van der Waals surface area contributed by atoms with Crippen LogP contribution in [-0.4, -0.2) is 43.8 Å². The van der Waals surface area contributed by atoms with Crippen LogP contribution in [0.2, 0.25) is 10.0 Å². The number of hydrogen-bond acceptors (Lipinski definition) is 4. The molecule has 1 aliphatic carbocycles. The van der Waals surface area contributed by atoms with Gasteiger partial charge in [0, 0.05) is 28.2 Å². The normalized spacial score (nSPS) is 14.4. The van der Waals surface area contributed by atoms with E-state index in [1.807, 2.05) is 26.8 Å². The van der Waals surface area contributed by atoms with E-state index in [-0.39, 0.29) is 23.4 Å². The topological polar surface area (TPSA) is 86.8 Å². The van der Waals surface area contributed by atoms with E-state index in [4.69, 9.17) is 23.2 Å². The zero-order valence-electron chi connectivity index (χ0n) is 24.4. The summed E-state index contributed by atoms with van der Waals surface area (Å²) in [6.07, 6.45) is 3.86. The average molecular weight is 631 g/mol. The van der Waals surface area contributed by atoms with Crippen LogP contribution in [0.1, 0.15) is 54.9 Å². The molecule has 1 atom stereocenters. The summed E-state index contributed by atoms with van der Waals surface area (Å²) < 4.78 is 29.2. The summed E-state index contributed by atoms with van der Waals surface area (Å²) in [4.78, 5) is 29.0. The second-order valence-corrected chi connectivity index (χ2v) is 13.7. The van der Waals surface area contributed by atoms with Gasteiger partial charge in [-0.15, -0.1) is 0 Å². The summed E-state index contributed by atoms with van der Waals surface area (Å²) in [6.45, 7) is 6.74. The summed E-state index contributed by atoms with van der Waals surface area (Å²) in [6, 6.07) is 15.9. The minimum absolute atomic E-state index is 0.0507.